The van der Waals surface area contributed by atoms with Crippen molar-refractivity contribution in [2.24, 2.45) is 0 Å². The summed E-state index contributed by atoms with van der Waals surface area (Å²) < 4.78 is 16.4. The van der Waals surface area contributed by atoms with E-state index in [9.17, 15) is 0 Å². The summed E-state index contributed by atoms with van der Waals surface area (Å²) in [6.07, 6.45) is -0.0336. The maximum atomic E-state index is 5.91. The van der Waals surface area contributed by atoms with Gasteiger partial charge in [-0.1, -0.05) is 26.0 Å². The van der Waals surface area contributed by atoms with Crippen molar-refractivity contribution in [3.05, 3.63) is 24.3 Å². The fraction of sp³-hybridized carbons (Fsp3) is 0.571. The molecule has 0 aliphatic rings. The van der Waals surface area contributed by atoms with Crippen LogP contribution in [-0.2, 0) is 4.74 Å². The molecule has 0 aromatic heterocycles. The number of para-hydroxylation sites is 2. The quantitative estimate of drug-likeness (QED) is 0.770. The van der Waals surface area contributed by atoms with Gasteiger partial charge in [0.05, 0.1) is 13.7 Å². The molecule has 4 nitrogen and oxygen atoms in total. The van der Waals surface area contributed by atoms with Crippen LogP contribution >= 0.6 is 0 Å². The van der Waals surface area contributed by atoms with Gasteiger partial charge in [0, 0.05) is 19.7 Å². The molecule has 18 heavy (non-hydrogen) atoms. The Morgan fingerprint density at radius 2 is 1.78 bits per heavy atom. The van der Waals surface area contributed by atoms with E-state index < -0.39 is 0 Å². The van der Waals surface area contributed by atoms with Gasteiger partial charge < -0.3 is 19.5 Å². The van der Waals surface area contributed by atoms with Crippen LogP contribution in [-0.4, -0.2) is 39.5 Å². The second-order valence-electron chi connectivity index (χ2n) is 4.41. The fourth-order valence-corrected chi connectivity index (χ4v) is 1.58. The minimum absolute atomic E-state index is 0.0336. The fourth-order valence-electron chi connectivity index (χ4n) is 1.58. The van der Waals surface area contributed by atoms with Crippen LogP contribution in [0.5, 0.6) is 11.5 Å². The number of rotatable bonds is 8. The molecule has 0 bridgehead atoms. The Morgan fingerprint density at radius 3 is 2.33 bits per heavy atom. The lowest BCUT2D eigenvalue weighted by atomic mass is 10.3. The minimum Gasteiger partial charge on any atom is -0.493 e. The van der Waals surface area contributed by atoms with Crippen LogP contribution in [0.3, 0.4) is 0 Å². The van der Waals surface area contributed by atoms with Crippen LogP contribution in [0.1, 0.15) is 13.8 Å². The molecule has 0 saturated heterocycles. The summed E-state index contributed by atoms with van der Waals surface area (Å²) in [6.45, 7) is 5.49. The van der Waals surface area contributed by atoms with E-state index in [2.05, 4.69) is 19.2 Å². The van der Waals surface area contributed by atoms with Gasteiger partial charge in [-0.25, -0.2) is 0 Å². The molecular formula is C14H23NO3. The molecular weight excluding hydrogens is 230 g/mol. The van der Waals surface area contributed by atoms with E-state index in [0.717, 1.165) is 18.0 Å². The highest BCUT2D eigenvalue weighted by molar-refractivity contribution is 5.39. The lowest BCUT2D eigenvalue weighted by molar-refractivity contribution is 0.0774. The van der Waals surface area contributed by atoms with Crippen LogP contribution in [0.25, 0.3) is 0 Å². The molecule has 102 valence electrons. The SMILES string of the molecule is COCC(CNC(C)C)Oc1ccccc1OC. The second kappa shape index (κ2) is 7.95. The van der Waals surface area contributed by atoms with E-state index in [4.69, 9.17) is 14.2 Å². The molecule has 1 atom stereocenters. The van der Waals surface area contributed by atoms with E-state index in [1.165, 1.54) is 0 Å². The number of nitrogens with one attached hydrogen (secondary N) is 1. The Hall–Kier alpha value is -1.26. The smallest absolute Gasteiger partial charge is 0.161 e. The molecule has 0 heterocycles. The normalized spacial score (nSPS) is 12.5. The predicted molar refractivity (Wildman–Crippen MR) is 72.4 cm³/mol. The zero-order valence-electron chi connectivity index (χ0n) is 11.6. The van der Waals surface area contributed by atoms with E-state index in [1.807, 2.05) is 24.3 Å². The van der Waals surface area contributed by atoms with Gasteiger partial charge in [0.1, 0.15) is 6.10 Å². The summed E-state index contributed by atoms with van der Waals surface area (Å²) >= 11 is 0. The Morgan fingerprint density at radius 1 is 1.11 bits per heavy atom. The molecule has 0 spiro atoms. The predicted octanol–water partition coefficient (Wildman–Crippen LogP) is 2.09. The molecule has 0 amide bonds. The Labute approximate surface area is 109 Å². The molecule has 1 N–H and O–H groups in total. The van der Waals surface area contributed by atoms with Gasteiger partial charge in [0.25, 0.3) is 0 Å². The van der Waals surface area contributed by atoms with E-state index in [-0.39, 0.29) is 6.10 Å². The first-order valence-corrected chi connectivity index (χ1v) is 6.19. The Kier molecular flexibility index (Phi) is 6.54. The van der Waals surface area contributed by atoms with Gasteiger partial charge in [0.15, 0.2) is 11.5 Å². The number of hydrogen-bond donors (Lipinski definition) is 1. The summed E-state index contributed by atoms with van der Waals surface area (Å²) in [5, 5.41) is 3.34. The monoisotopic (exact) mass is 253 g/mol. The largest absolute Gasteiger partial charge is 0.493 e. The van der Waals surface area contributed by atoms with Gasteiger partial charge in [-0.3, -0.25) is 0 Å². The zero-order chi connectivity index (χ0) is 13.4. The first-order chi connectivity index (χ1) is 8.67. The minimum atomic E-state index is -0.0336. The average molecular weight is 253 g/mol. The van der Waals surface area contributed by atoms with Crippen molar-refractivity contribution in [1.29, 1.82) is 0 Å². The first kappa shape index (κ1) is 14.8. The van der Waals surface area contributed by atoms with Crippen LogP contribution in [0.15, 0.2) is 24.3 Å². The molecule has 0 fully saturated rings. The highest BCUT2D eigenvalue weighted by atomic mass is 16.5. The van der Waals surface area contributed by atoms with Gasteiger partial charge >= 0.3 is 0 Å². The third kappa shape index (κ3) is 4.94. The summed E-state index contributed by atoms with van der Waals surface area (Å²) in [7, 11) is 3.31. The summed E-state index contributed by atoms with van der Waals surface area (Å²) in [6, 6.07) is 8.05. The van der Waals surface area contributed by atoms with Crippen LogP contribution in [0.4, 0.5) is 0 Å². The van der Waals surface area contributed by atoms with Crippen molar-refractivity contribution in [2.75, 3.05) is 27.4 Å². The topological polar surface area (TPSA) is 39.7 Å². The summed E-state index contributed by atoms with van der Waals surface area (Å²) in [4.78, 5) is 0. The van der Waals surface area contributed by atoms with Crippen LogP contribution < -0.4 is 14.8 Å². The van der Waals surface area contributed by atoms with Crippen LogP contribution in [0.2, 0.25) is 0 Å². The van der Waals surface area contributed by atoms with Gasteiger partial charge in [-0.2, -0.15) is 0 Å². The number of methoxy groups -OCH3 is 2. The van der Waals surface area contributed by atoms with Crippen molar-refractivity contribution < 1.29 is 14.2 Å². The van der Waals surface area contributed by atoms with Gasteiger partial charge in [-0.05, 0) is 12.1 Å². The highest BCUT2D eigenvalue weighted by Gasteiger charge is 2.13. The van der Waals surface area contributed by atoms with E-state index in [1.54, 1.807) is 14.2 Å². The van der Waals surface area contributed by atoms with Gasteiger partial charge in [0.2, 0.25) is 0 Å². The molecule has 1 aromatic rings. The van der Waals surface area contributed by atoms with Gasteiger partial charge in [-0.15, -0.1) is 0 Å². The molecule has 1 rings (SSSR count). The molecule has 4 heteroatoms. The highest BCUT2D eigenvalue weighted by Crippen LogP contribution is 2.26. The summed E-state index contributed by atoms with van der Waals surface area (Å²) in [5.74, 6) is 1.48. The number of benzene rings is 1. The van der Waals surface area contributed by atoms with Crippen molar-refractivity contribution in [3.8, 4) is 11.5 Å². The molecule has 0 saturated carbocycles. The Bertz CT molecular complexity index is 342. The van der Waals surface area contributed by atoms with Crippen LogP contribution in [0, 0.1) is 0 Å². The third-order valence-corrected chi connectivity index (χ3v) is 2.47. The number of ether oxygens (including phenoxy) is 3. The molecule has 0 aliphatic heterocycles. The first-order valence-electron chi connectivity index (χ1n) is 6.19. The van der Waals surface area contributed by atoms with E-state index in [0.29, 0.717) is 12.6 Å². The lowest BCUT2D eigenvalue weighted by Gasteiger charge is -2.21. The molecule has 0 radical (unpaired) electrons. The molecule has 1 unspecified atom stereocenters. The lowest BCUT2D eigenvalue weighted by Crippen LogP contribution is -2.38. The zero-order valence-corrected chi connectivity index (χ0v) is 11.6. The van der Waals surface area contributed by atoms with Crippen molar-refractivity contribution in [1.82, 2.24) is 5.32 Å². The van der Waals surface area contributed by atoms with Crippen molar-refractivity contribution in [2.45, 2.75) is 26.0 Å². The van der Waals surface area contributed by atoms with E-state index >= 15 is 0 Å². The molecule has 0 aliphatic carbocycles. The second-order valence-corrected chi connectivity index (χ2v) is 4.41. The number of hydrogen-bond acceptors (Lipinski definition) is 4. The Balaban J connectivity index is 2.63. The van der Waals surface area contributed by atoms with Crippen molar-refractivity contribution >= 4 is 0 Å². The summed E-state index contributed by atoms with van der Waals surface area (Å²) in [5.41, 5.74) is 0. The maximum absolute atomic E-state index is 5.91. The van der Waals surface area contributed by atoms with Crippen molar-refractivity contribution in [3.63, 3.8) is 0 Å². The molecule has 1 aromatic carbocycles. The standard InChI is InChI=1S/C14H23NO3/c1-11(2)15-9-12(10-16-3)18-14-8-6-5-7-13(14)17-4/h5-8,11-12,15H,9-10H2,1-4H3. The maximum Gasteiger partial charge on any atom is 0.161 e. The third-order valence-electron chi connectivity index (χ3n) is 2.47. The average Bonchev–Trinajstić information content (AvgIpc) is 2.37.